The van der Waals surface area contributed by atoms with Crippen molar-refractivity contribution in [3.63, 3.8) is 0 Å². The molecule has 1 aromatic carbocycles. The maximum absolute atomic E-state index is 11.5. The number of methoxy groups -OCH3 is 1. The lowest BCUT2D eigenvalue weighted by Gasteiger charge is -2.16. The summed E-state index contributed by atoms with van der Waals surface area (Å²) in [5, 5.41) is 0. The van der Waals surface area contributed by atoms with Gasteiger partial charge in [-0.2, -0.15) is 0 Å². The number of hydrogen-bond donors (Lipinski definition) is 0. The highest BCUT2D eigenvalue weighted by molar-refractivity contribution is 9.10. The van der Waals surface area contributed by atoms with Crippen molar-refractivity contribution in [1.29, 1.82) is 0 Å². The Morgan fingerprint density at radius 2 is 2.24 bits per heavy atom. The topological polar surface area (TPSA) is 35.5 Å². The molecule has 1 unspecified atom stereocenters. The normalized spacial score (nSPS) is 11.9. The Hall–Kier alpha value is -1.03. The lowest BCUT2D eigenvalue weighted by atomic mass is 10.1. The zero-order valence-electron chi connectivity index (χ0n) is 10.1. The largest absolute Gasteiger partial charge is 0.479 e. The number of ether oxygens (including phenoxy) is 2. The van der Waals surface area contributed by atoms with Crippen molar-refractivity contribution >= 4 is 21.9 Å². The predicted octanol–water partition coefficient (Wildman–Crippen LogP) is 3.56. The highest BCUT2D eigenvalue weighted by Crippen LogP contribution is 2.20. The number of rotatable bonds is 6. The molecule has 0 heterocycles. The van der Waals surface area contributed by atoms with Crippen LogP contribution in [0.4, 0.5) is 0 Å². The van der Waals surface area contributed by atoms with E-state index in [4.69, 9.17) is 9.47 Å². The molecule has 0 saturated heterocycles. The number of carbonyl (C=O) groups excluding carboxylic acids is 1. The second-order valence-electron chi connectivity index (χ2n) is 3.73. The van der Waals surface area contributed by atoms with Crippen LogP contribution in [-0.2, 0) is 9.53 Å². The van der Waals surface area contributed by atoms with Crippen molar-refractivity contribution in [3.8, 4) is 5.75 Å². The SMILES string of the molecule is CCCCC(Oc1cccc(Br)c1)C(=O)OC. The number of benzene rings is 1. The summed E-state index contributed by atoms with van der Waals surface area (Å²) in [7, 11) is 1.38. The molecule has 0 aliphatic heterocycles. The highest BCUT2D eigenvalue weighted by Gasteiger charge is 2.20. The summed E-state index contributed by atoms with van der Waals surface area (Å²) >= 11 is 3.36. The van der Waals surface area contributed by atoms with E-state index in [9.17, 15) is 4.79 Å². The molecule has 0 fully saturated rings. The molecule has 1 atom stereocenters. The molecular weight excluding hydrogens is 284 g/mol. The Morgan fingerprint density at radius 1 is 1.47 bits per heavy atom. The van der Waals surface area contributed by atoms with Crippen LogP contribution < -0.4 is 4.74 Å². The Bertz CT molecular complexity index is 365. The van der Waals surface area contributed by atoms with Gasteiger partial charge in [-0.1, -0.05) is 35.3 Å². The summed E-state index contributed by atoms with van der Waals surface area (Å²) < 4.78 is 11.3. The van der Waals surface area contributed by atoms with E-state index in [2.05, 4.69) is 22.9 Å². The third-order valence-corrected chi connectivity index (χ3v) is 2.85. The van der Waals surface area contributed by atoms with Gasteiger partial charge in [0.1, 0.15) is 5.75 Å². The van der Waals surface area contributed by atoms with Gasteiger partial charge in [0.2, 0.25) is 0 Å². The molecule has 17 heavy (non-hydrogen) atoms. The standard InChI is InChI=1S/C13H17BrO3/c1-3-4-8-12(13(15)16-2)17-11-7-5-6-10(14)9-11/h5-7,9,12H,3-4,8H2,1-2H3. The third kappa shape index (κ3) is 4.77. The fourth-order valence-corrected chi connectivity index (χ4v) is 1.83. The minimum absolute atomic E-state index is 0.321. The molecule has 4 heteroatoms. The molecule has 0 saturated carbocycles. The molecule has 0 aliphatic carbocycles. The monoisotopic (exact) mass is 300 g/mol. The van der Waals surface area contributed by atoms with Gasteiger partial charge in [0, 0.05) is 4.47 Å². The lowest BCUT2D eigenvalue weighted by Crippen LogP contribution is -2.28. The fourth-order valence-electron chi connectivity index (χ4n) is 1.45. The van der Waals surface area contributed by atoms with E-state index in [-0.39, 0.29) is 5.97 Å². The van der Waals surface area contributed by atoms with Crippen LogP contribution in [-0.4, -0.2) is 19.2 Å². The van der Waals surface area contributed by atoms with Crippen LogP contribution in [0.3, 0.4) is 0 Å². The van der Waals surface area contributed by atoms with E-state index in [0.29, 0.717) is 12.2 Å². The van der Waals surface area contributed by atoms with Crippen LogP contribution in [0.2, 0.25) is 0 Å². The van der Waals surface area contributed by atoms with E-state index in [0.717, 1.165) is 17.3 Å². The van der Waals surface area contributed by atoms with Crippen molar-refractivity contribution in [1.82, 2.24) is 0 Å². The van der Waals surface area contributed by atoms with E-state index in [1.54, 1.807) is 0 Å². The van der Waals surface area contributed by atoms with E-state index in [1.807, 2.05) is 24.3 Å². The summed E-state index contributed by atoms with van der Waals surface area (Å²) in [6.45, 7) is 2.08. The average molecular weight is 301 g/mol. The first-order chi connectivity index (χ1) is 8.17. The molecule has 94 valence electrons. The van der Waals surface area contributed by atoms with E-state index in [1.165, 1.54) is 7.11 Å². The van der Waals surface area contributed by atoms with Crippen molar-refractivity contribution < 1.29 is 14.3 Å². The second-order valence-corrected chi connectivity index (χ2v) is 4.64. The first kappa shape index (κ1) is 14.0. The molecule has 0 radical (unpaired) electrons. The molecule has 3 nitrogen and oxygen atoms in total. The summed E-state index contributed by atoms with van der Waals surface area (Å²) in [6, 6.07) is 7.44. The average Bonchev–Trinajstić information content (AvgIpc) is 2.33. The summed E-state index contributed by atoms with van der Waals surface area (Å²) in [4.78, 5) is 11.5. The van der Waals surface area contributed by atoms with Gasteiger partial charge in [-0.25, -0.2) is 4.79 Å². The van der Waals surface area contributed by atoms with E-state index < -0.39 is 6.10 Å². The Balaban J connectivity index is 2.68. The third-order valence-electron chi connectivity index (χ3n) is 2.36. The maximum atomic E-state index is 11.5. The number of esters is 1. The van der Waals surface area contributed by atoms with Crippen LogP contribution in [0.25, 0.3) is 0 Å². The van der Waals surface area contributed by atoms with Gasteiger partial charge in [-0.3, -0.25) is 0 Å². The van der Waals surface area contributed by atoms with Gasteiger partial charge >= 0.3 is 5.97 Å². The fraction of sp³-hybridized carbons (Fsp3) is 0.462. The van der Waals surface area contributed by atoms with Gasteiger partial charge in [0.15, 0.2) is 6.10 Å². The molecule has 0 spiro atoms. The molecule has 0 aliphatic rings. The molecule has 0 aromatic heterocycles. The zero-order valence-corrected chi connectivity index (χ0v) is 11.7. The first-order valence-corrected chi connectivity index (χ1v) is 6.46. The zero-order chi connectivity index (χ0) is 12.7. The van der Waals surface area contributed by atoms with Gasteiger partial charge in [0.25, 0.3) is 0 Å². The predicted molar refractivity (Wildman–Crippen MR) is 70.1 cm³/mol. The highest BCUT2D eigenvalue weighted by atomic mass is 79.9. The van der Waals surface area contributed by atoms with Crippen LogP contribution in [0.15, 0.2) is 28.7 Å². The van der Waals surface area contributed by atoms with Crippen molar-refractivity contribution in [2.45, 2.75) is 32.3 Å². The Labute approximate surface area is 110 Å². The van der Waals surface area contributed by atoms with Crippen LogP contribution in [0.5, 0.6) is 5.75 Å². The summed E-state index contributed by atoms with van der Waals surface area (Å²) in [5.41, 5.74) is 0. The van der Waals surface area contributed by atoms with Crippen molar-refractivity contribution in [3.05, 3.63) is 28.7 Å². The quantitative estimate of drug-likeness (QED) is 0.754. The molecule has 0 amide bonds. The lowest BCUT2D eigenvalue weighted by molar-refractivity contribution is -0.149. The summed E-state index contributed by atoms with van der Waals surface area (Å²) in [6.07, 6.45) is 2.12. The van der Waals surface area contributed by atoms with E-state index >= 15 is 0 Å². The van der Waals surface area contributed by atoms with Crippen LogP contribution in [0, 0.1) is 0 Å². The second kappa shape index (κ2) is 7.33. The Kier molecular flexibility index (Phi) is 6.05. The molecule has 1 rings (SSSR count). The van der Waals surface area contributed by atoms with Crippen LogP contribution in [0.1, 0.15) is 26.2 Å². The van der Waals surface area contributed by atoms with Gasteiger partial charge in [-0.15, -0.1) is 0 Å². The number of carbonyl (C=O) groups is 1. The van der Waals surface area contributed by atoms with Gasteiger partial charge in [0.05, 0.1) is 7.11 Å². The summed E-state index contributed by atoms with van der Waals surface area (Å²) in [5.74, 6) is 0.351. The number of unbranched alkanes of at least 4 members (excludes halogenated alkanes) is 1. The minimum Gasteiger partial charge on any atom is -0.479 e. The number of halogens is 1. The Morgan fingerprint density at radius 3 is 2.82 bits per heavy atom. The van der Waals surface area contributed by atoms with Crippen molar-refractivity contribution in [2.75, 3.05) is 7.11 Å². The van der Waals surface area contributed by atoms with Crippen molar-refractivity contribution in [2.24, 2.45) is 0 Å². The van der Waals surface area contributed by atoms with Gasteiger partial charge < -0.3 is 9.47 Å². The molecule has 0 N–H and O–H groups in total. The first-order valence-electron chi connectivity index (χ1n) is 5.67. The number of hydrogen-bond acceptors (Lipinski definition) is 3. The molecular formula is C13H17BrO3. The molecule has 0 bridgehead atoms. The maximum Gasteiger partial charge on any atom is 0.347 e. The minimum atomic E-state index is -0.519. The smallest absolute Gasteiger partial charge is 0.347 e. The van der Waals surface area contributed by atoms with Gasteiger partial charge in [-0.05, 0) is 31.0 Å². The van der Waals surface area contributed by atoms with Crippen LogP contribution >= 0.6 is 15.9 Å². The molecule has 1 aromatic rings.